The third-order valence-electron chi connectivity index (χ3n) is 6.48. The van der Waals surface area contributed by atoms with Crippen molar-refractivity contribution in [3.05, 3.63) is 117 Å². The molecule has 2 aliphatic heterocycles. The fourth-order valence-corrected chi connectivity index (χ4v) is 4.67. The first-order valence-electron chi connectivity index (χ1n) is 12.0. The molecule has 10 heteroatoms. The Kier molecular flexibility index (Phi) is 6.42. The van der Waals surface area contributed by atoms with Crippen LogP contribution in [-0.4, -0.2) is 29.8 Å². The molecule has 196 valence electrons. The first kappa shape index (κ1) is 24.6. The number of nitrogens with one attached hydrogen (secondary N) is 1. The number of benzene rings is 3. The number of hydrogen-bond acceptors (Lipinski definition) is 7. The Morgan fingerprint density at radius 2 is 1.69 bits per heavy atom. The van der Waals surface area contributed by atoms with Crippen LogP contribution < -0.4 is 20.2 Å². The molecule has 0 radical (unpaired) electrons. The fraction of sp³-hybridized carbons (Fsp3) is 0.138. The molecule has 1 unspecified atom stereocenters. The number of ketones is 1. The van der Waals surface area contributed by atoms with Crippen LogP contribution in [0.4, 0.5) is 0 Å². The normalized spacial score (nSPS) is 14.3. The smallest absolute Gasteiger partial charge is 0.251 e. The van der Waals surface area contributed by atoms with E-state index in [0.717, 1.165) is 5.56 Å². The van der Waals surface area contributed by atoms with Crippen molar-refractivity contribution in [1.82, 2.24) is 9.88 Å². The summed E-state index contributed by atoms with van der Waals surface area (Å²) < 4.78 is 23.5. The van der Waals surface area contributed by atoms with Gasteiger partial charge in [0, 0.05) is 29.4 Å². The van der Waals surface area contributed by atoms with Crippen molar-refractivity contribution in [2.24, 2.45) is 0 Å². The zero-order chi connectivity index (χ0) is 26.9. The SMILES string of the molecule is O=C(c1ccc(Cl)cc1)c1cn(C(C(=O)NCc2ccccc2)C2=COCO2)c2cc3c(cc2c1=O)OCO3. The van der Waals surface area contributed by atoms with E-state index >= 15 is 0 Å². The Bertz CT molecular complexity index is 1680. The first-order chi connectivity index (χ1) is 19.0. The molecule has 6 rings (SSSR count). The molecule has 2 aliphatic rings. The van der Waals surface area contributed by atoms with Gasteiger partial charge >= 0.3 is 0 Å². The Morgan fingerprint density at radius 3 is 2.41 bits per heavy atom. The minimum atomic E-state index is -1.10. The molecule has 39 heavy (non-hydrogen) atoms. The molecule has 3 heterocycles. The van der Waals surface area contributed by atoms with Crippen molar-refractivity contribution in [3.63, 3.8) is 0 Å². The van der Waals surface area contributed by atoms with Crippen LogP contribution in [0, 0.1) is 0 Å². The number of aromatic nitrogens is 1. The zero-order valence-corrected chi connectivity index (χ0v) is 21.1. The molecule has 9 nitrogen and oxygen atoms in total. The number of carbonyl (C=O) groups excluding carboxylic acids is 2. The summed E-state index contributed by atoms with van der Waals surface area (Å²) in [5.74, 6) is 0.0441. The number of halogens is 1. The van der Waals surface area contributed by atoms with Crippen LogP contribution in [0.25, 0.3) is 10.9 Å². The van der Waals surface area contributed by atoms with Gasteiger partial charge in [-0.3, -0.25) is 14.4 Å². The number of hydrogen-bond donors (Lipinski definition) is 1. The predicted octanol–water partition coefficient (Wildman–Crippen LogP) is 4.32. The van der Waals surface area contributed by atoms with Crippen molar-refractivity contribution >= 4 is 34.2 Å². The van der Waals surface area contributed by atoms with E-state index in [-0.39, 0.29) is 42.4 Å². The van der Waals surface area contributed by atoms with Gasteiger partial charge in [0.25, 0.3) is 5.91 Å². The van der Waals surface area contributed by atoms with Gasteiger partial charge in [-0.2, -0.15) is 0 Å². The van der Waals surface area contributed by atoms with E-state index in [0.29, 0.717) is 22.0 Å². The molecule has 1 atom stereocenters. The Balaban J connectivity index is 1.51. The number of nitrogens with zero attached hydrogens (tertiary/aromatic N) is 1. The summed E-state index contributed by atoms with van der Waals surface area (Å²) in [6, 6.07) is 17.7. The molecular formula is C29H21ClN2O7. The standard InChI is InChI=1S/C29H21ClN2O7/c30-19-8-6-18(7-9-19)27(33)21-13-32(22-11-24-23(38-16-39-24)10-20(22)28(21)34)26(25-14-36-15-37-25)29(35)31-12-17-4-2-1-3-5-17/h1-11,13-14,26H,12,15-16H2,(H,31,35). The van der Waals surface area contributed by atoms with E-state index in [1.54, 1.807) is 30.3 Å². The highest BCUT2D eigenvalue weighted by Crippen LogP contribution is 2.37. The largest absolute Gasteiger partial charge is 0.462 e. The molecule has 0 bridgehead atoms. The average molecular weight is 545 g/mol. The Labute approximate surface area is 227 Å². The molecular weight excluding hydrogens is 524 g/mol. The van der Waals surface area contributed by atoms with Crippen LogP contribution in [0.5, 0.6) is 11.5 Å². The summed E-state index contributed by atoms with van der Waals surface area (Å²) in [6.45, 7) is 0.170. The molecule has 0 spiro atoms. The number of amides is 1. The van der Waals surface area contributed by atoms with Gasteiger partial charge in [0.2, 0.25) is 19.0 Å². The molecule has 1 N–H and O–H groups in total. The lowest BCUT2D eigenvalue weighted by Gasteiger charge is -2.23. The van der Waals surface area contributed by atoms with Gasteiger partial charge in [0.05, 0.1) is 16.5 Å². The molecule has 0 saturated carbocycles. The van der Waals surface area contributed by atoms with E-state index in [1.165, 1.54) is 23.1 Å². The van der Waals surface area contributed by atoms with Crippen LogP contribution in [0.15, 0.2) is 89.7 Å². The molecule has 0 saturated heterocycles. The van der Waals surface area contributed by atoms with Crippen LogP contribution in [0.3, 0.4) is 0 Å². The summed E-state index contributed by atoms with van der Waals surface area (Å²) in [7, 11) is 0. The van der Waals surface area contributed by atoms with Crippen molar-refractivity contribution in [2.75, 3.05) is 13.6 Å². The van der Waals surface area contributed by atoms with E-state index in [9.17, 15) is 14.4 Å². The second-order valence-electron chi connectivity index (χ2n) is 8.89. The van der Waals surface area contributed by atoms with Gasteiger partial charge in [-0.25, -0.2) is 0 Å². The van der Waals surface area contributed by atoms with Gasteiger partial charge in [0.1, 0.15) is 6.26 Å². The monoisotopic (exact) mass is 544 g/mol. The average Bonchev–Trinajstić information content (AvgIpc) is 3.65. The topological polar surface area (TPSA) is 105 Å². The van der Waals surface area contributed by atoms with Gasteiger partial charge in [-0.15, -0.1) is 0 Å². The van der Waals surface area contributed by atoms with Crippen LogP contribution in [-0.2, 0) is 20.8 Å². The number of pyridine rings is 1. The van der Waals surface area contributed by atoms with E-state index in [1.807, 2.05) is 30.3 Å². The van der Waals surface area contributed by atoms with Gasteiger partial charge in [-0.05, 0) is 35.9 Å². The summed E-state index contributed by atoms with van der Waals surface area (Å²) in [5, 5.41) is 3.56. The van der Waals surface area contributed by atoms with E-state index in [2.05, 4.69) is 5.32 Å². The third-order valence-corrected chi connectivity index (χ3v) is 6.73. The lowest BCUT2D eigenvalue weighted by atomic mass is 10.0. The number of ether oxygens (including phenoxy) is 4. The Morgan fingerprint density at radius 1 is 0.949 bits per heavy atom. The van der Waals surface area contributed by atoms with Crippen molar-refractivity contribution in [3.8, 4) is 11.5 Å². The maximum atomic E-state index is 13.7. The van der Waals surface area contributed by atoms with Gasteiger partial charge < -0.3 is 28.8 Å². The molecule has 1 amide bonds. The summed E-state index contributed by atoms with van der Waals surface area (Å²) in [5.41, 5.74) is 0.875. The van der Waals surface area contributed by atoms with Gasteiger partial charge in [-0.1, -0.05) is 41.9 Å². The quantitative estimate of drug-likeness (QED) is 0.345. The highest BCUT2D eigenvalue weighted by atomic mass is 35.5. The third kappa shape index (κ3) is 4.68. The molecule has 3 aromatic carbocycles. The first-order valence-corrected chi connectivity index (χ1v) is 12.4. The minimum Gasteiger partial charge on any atom is -0.462 e. The van der Waals surface area contributed by atoms with Gasteiger partial charge in [0.15, 0.2) is 29.1 Å². The second kappa shape index (κ2) is 10.2. The lowest BCUT2D eigenvalue weighted by molar-refractivity contribution is -0.124. The summed E-state index contributed by atoms with van der Waals surface area (Å²) >= 11 is 5.99. The maximum absolute atomic E-state index is 13.7. The summed E-state index contributed by atoms with van der Waals surface area (Å²) in [4.78, 5) is 40.9. The number of fused-ring (bicyclic) bond motifs is 2. The van der Waals surface area contributed by atoms with Crippen molar-refractivity contribution in [1.29, 1.82) is 0 Å². The molecule has 1 aromatic heterocycles. The highest BCUT2D eigenvalue weighted by Gasteiger charge is 2.32. The fourth-order valence-electron chi connectivity index (χ4n) is 4.54. The number of carbonyl (C=O) groups is 2. The molecule has 0 aliphatic carbocycles. The maximum Gasteiger partial charge on any atom is 0.251 e. The van der Waals surface area contributed by atoms with Crippen LogP contribution >= 0.6 is 11.6 Å². The second-order valence-corrected chi connectivity index (χ2v) is 9.33. The lowest BCUT2D eigenvalue weighted by Crippen LogP contribution is -2.35. The number of rotatable bonds is 7. The minimum absolute atomic E-state index is 0.0144. The van der Waals surface area contributed by atoms with Crippen LogP contribution in [0.2, 0.25) is 5.02 Å². The zero-order valence-electron chi connectivity index (χ0n) is 20.4. The van der Waals surface area contributed by atoms with Crippen LogP contribution in [0.1, 0.15) is 27.5 Å². The predicted molar refractivity (Wildman–Crippen MR) is 142 cm³/mol. The van der Waals surface area contributed by atoms with E-state index < -0.39 is 23.2 Å². The Hall–Kier alpha value is -4.76. The molecule has 4 aromatic rings. The van der Waals surface area contributed by atoms with Crippen molar-refractivity contribution in [2.45, 2.75) is 12.6 Å². The van der Waals surface area contributed by atoms with E-state index in [4.69, 9.17) is 30.5 Å². The highest BCUT2D eigenvalue weighted by molar-refractivity contribution is 6.30. The summed E-state index contributed by atoms with van der Waals surface area (Å²) in [6.07, 6.45) is 2.73. The molecule has 0 fully saturated rings. The van der Waals surface area contributed by atoms with Crippen molar-refractivity contribution < 1.29 is 28.5 Å².